The molecule has 2 aromatic carbocycles. The second kappa shape index (κ2) is 8.10. The lowest BCUT2D eigenvalue weighted by Gasteiger charge is -2.13. The number of ether oxygens (including phenoxy) is 1. The Morgan fingerprint density at radius 3 is 2.64 bits per heavy atom. The van der Waals surface area contributed by atoms with Crippen molar-refractivity contribution in [1.29, 1.82) is 0 Å². The maximum atomic E-state index is 11.9. The van der Waals surface area contributed by atoms with E-state index < -0.39 is 16.4 Å². The summed E-state index contributed by atoms with van der Waals surface area (Å²) in [4.78, 5) is 14.5. The normalized spacial score (nSPS) is 11.5. The fourth-order valence-corrected chi connectivity index (χ4v) is 2.72. The molecule has 1 aromatic heterocycles. The van der Waals surface area contributed by atoms with Crippen LogP contribution in [0.15, 0.2) is 40.9 Å². The first-order chi connectivity index (χ1) is 13.4. The van der Waals surface area contributed by atoms with E-state index in [-0.39, 0.29) is 16.7 Å². The molecule has 0 radical (unpaired) electrons. The molecule has 0 spiro atoms. The summed E-state index contributed by atoms with van der Waals surface area (Å²) in [7, 11) is 1.25. The highest BCUT2D eigenvalue weighted by atomic mass is 35.5. The van der Waals surface area contributed by atoms with E-state index in [1.165, 1.54) is 24.8 Å². The van der Waals surface area contributed by atoms with Gasteiger partial charge in [-0.2, -0.15) is 4.98 Å². The molecule has 3 aromatic rings. The van der Waals surface area contributed by atoms with Gasteiger partial charge in [-0.05, 0) is 29.7 Å². The van der Waals surface area contributed by atoms with Crippen molar-refractivity contribution in [2.45, 2.75) is 13.3 Å². The first kappa shape index (κ1) is 19.4. The molecule has 0 aliphatic rings. The van der Waals surface area contributed by atoms with Gasteiger partial charge in [-0.1, -0.05) is 47.9 Å². The summed E-state index contributed by atoms with van der Waals surface area (Å²) in [6, 6.07) is 10.2. The molecule has 0 amide bonds. The van der Waals surface area contributed by atoms with Crippen molar-refractivity contribution in [2.75, 3.05) is 7.11 Å². The molecule has 0 fully saturated rings. The summed E-state index contributed by atoms with van der Waals surface area (Å²) in [5.41, 5.74) is 1.63. The Kier molecular flexibility index (Phi) is 5.60. The summed E-state index contributed by atoms with van der Waals surface area (Å²) < 4.78 is 10.1. The number of methoxy groups -OCH3 is 1. The van der Waals surface area contributed by atoms with Gasteiger partial charge in [0.25, 0.3) is 11.6 Å². The second-order valence-electron chi connectivity index (χ2n) is 5.79. The maximum Gasteiger partial charge on any atom is 0.269 e. The molecule has 28 heavy (non-hydrogen) atoms. The van der Waals surface area contributed by atoms with Gasteiger partial charge in [0.15, 0.2) is 0 Å². The Hall–Kier alpha value is -3.39. The number of aromatic nitrogens is 2. The predicted octanol–water partition coefficient (Wildman–Crippen LogP) is 4.03. The highest BCUT2D eigenvalue weighted by Gasteiger charge is 2.15. The molecule has 9 heteroatoms. The van der Waals surface area contributed by atoms with Crippen LogP contribution in [0.1, 0.15) is 23.9 Å². The van der Waals surface area contributed by atoms with Crippen LogP contribution in [0.4, 0.5) is 5.69 Å². The van der Waals surface area contributed by atoms with Crippen molar-refractivity contribution in [3.05, 3.63) is 63.5 Å². The molecule has 0 N–H and O–H groups in total. The van der Waals surface area contributed by atoms with Crippen LogP contribution >= 0.6 is 11.6 Å². The third kappa shape index (κ3) is 3.96. The second-order valence-corrected chi connectivity index (χ2v) is 6.20. The smallest absolute Gasteiger partial charge is 0.269 e. The Balaban J connectivity index is 1.93. The number of nitro groups is 1. The number of aryl methyl sites for hydroxylation is 1. The van der Waals surface area contributed by atoms with Crippen molar-refractivity contribution in [3.63, 3.8) is 0 Å². The molecule has 0 saturated carbocycles. The third-order valence-corrected chi connectivity index (χ3v) is 4.29. The van der Waals surface area contributed by atoms with E-state index in [4.69, 9.17) is 20.9 Å². The first-order valence-electron chi connectivity index (χ1n) is 8.27. The van der Waals surface area contributed by atoms with Crippen LogP contribution in [0.25, 0.3) is 22.5 Å². The van der Waals surface area contributed by atoms with Crippen LogP contribution in [0.3, 0.4) is 0 Å². The molecule has 0 atom stereocenters. The molecular formula is C19H15ClN3O5-. The van der Waals surface area contributed by atoms with E-state index >= 15 is 0 Å². The number of nitrogens with zero attached hydrogens (tertiary/aromatic N) is 3. The van der Waals surface area contributed by atoms with E-state index in [9.17, 15) is 15.2 Å². The minimum absolute atomic E-state index is 0.0454. The van der Waals surface area contributed by atoms with Gasteiger partial charge in [0, 0.05) is 17.4 Å². The highest BCUT2D eigenvalue weighted by molar-refractivity contribution is 6.50. The average Bonchev–Trinajstić information content (AvgIpc) is 3.19. The lowest BCUT2D eigenvalue weighted by Crippen LogP contribution is -2.01. The highest BCUT2D eigenvalue weighted by Crippen LogP contribution is 2.36. The van der Waals surface area contributed by atoms with Gasteiger partial charge < -0.3 is 14.4 Å². The molecule has 0 saturated heterocycles. The molecular weight excluding hydrogens is 386 g/mol. The third-order valence-electron chi connectivity index (χ3n) is 4.02. The van der Waals surface area contributed by atoms with E-state index in [2.05, 4.69) is 17.1 Å². The van der Waals surface area contributed by atoms with Gasteiger partial charge in [0.05, 0.1) is 12.0 Å². The monoisotopic (exact) mass is 400 g/mol. The Morgan fingerprint density at radius 2 is 2.04 bits per heavy atom. The first-order valence-corrected chi connectivity index (χ1v) is 8.64. The van der Waals surface area contributed by atoms with Crippen LogP contribution < -0.4 is 9.84 Å². The van der Waals surface area contributed by atoms with Crippen molar-refractivity contribution < 1.29 is 19.3 Å². The number of halogens is 1. The van der Waals surface area contributed by atoms with Gasteiger partial charge in [0.2, 0.25) is 5.82 Å². The van der Waals surface area contributed by atoms with E-state index in [1.807, 2.05) is 24.3 Å². The number of hydrogen-bond donors (Lipinski definition) is 0. The van der Waals surface area contributed by atoms with Crippen LogP contribution in [-0.2, 0) is 6.42 Å². The minimum atomic E-state index is -0.809. The van der Waals surface area contributed by atoms with Crippen LogP contribution in [0, 0.1) is 10.1 Å². The summed E-state index contributed by atoms with van der Waals surface area (Å²) in [6.45, 7) is 2.06. The van der Waals surface area contributed by atoms with Crippen LogP contribution in [0.5, 0.6) is 11.5 Å². The van der Waals surface area contributed by atoms with Gasteiger partial charge >= 0.3 is 0 Å². The Morgan fingerprint density at radius 1 is 1.32 bits per heavy atom. The summed E-state index contributed by atoms with van der Waals surface area (Å²) in [5, 5.41) is 26.9. The molecule has 8 nitrogen and oxygen atoms in total. The molecule has 0 aliphatic heterocycles. The predicted molar refractivity (Wildman–Crippen MR) is 102 cm³/mol. The van der Waals surface area contributed by atoms with Gasteiger partial charge in [0.1, 0.15) is 10.8 Å². The van der Waals surface area contributed by atoms with Gasteiger partial charge in [-0.15, -0.1) is 0 Å². The van der Waals surface area contributed by atoms with Crippen molar-refractivity contribution in [3.8, 4) is 22.9 Å². The number of nitro benzene ring substituents is 1. The van der Waals surface area contributed by atoms with Crippen LogP contribution in [0.2, 0.25) is 0 Å². The molecule has 1 heterocycles. The zero-order valence-corrected chi connectivity index (χ0v) is 15.8. The SMILES string of the molecule is CCc1ccc(-c2noc(/C(Cl)=C/c3cc(OC)c([O-])c([N+](=O)[O-])c3)n2)cc1. The van der Waals surface area contributed by atoms with E-state index in [1.54, 1.807) is 0 Å². The topological polar surface area (TPSA) is 114 Å². The number of rotatable bonds is 6. The zero-order valence-electron chi connectivity index (χ0n) is 15.0. The molecule has 144 valence electrons. The fraction of sp³-hybridized carbons (Fsp3) is 0.158. The molecule has 0 aliphatic carbocycles. The minimum Gasteiger partial charge on any atom is -0.865 e. The van der Waals surface area contributed by atoms with Crippen molar-refractivity contribution >= 4 is 28.4 Å². The van der Waals surface area contributed by atoms with Crippen LogP contribution in [-0.4, -0.2) is 22.2 Å². The Bertz CT molecular complexity index is 1040. The number of benzene rings is 2. The maximum absolute atomic E-state index is 11.9. The summed E-state index contributed by atoms with van der Waals surface area (Å²) in [6.07, 6.45) is 2.30. The van der Waals surface area contributed by atoms with E-state index in [0.717, 1.165) is 18.1 Å². The summed E-state index contributed by atoms with van der Waals surface area (Å²) in [5.74, 6) is -0.560. The van der Waals surface area contributed by atoms with Gasteiger partial charge in [-0.3, -0.25) is 10.1 Å². The molecule has 0 bridgehead atoms. The van der Waals surface area contributed by atoms with Gasteiger partial charge in [-0.25, -0.2) is 0 Å². The molecule has 0 unspecified atom stereocenters. The zero-order chi connectivity index (χ0) is 20.3. The lowest BCUT2D eigenvalue weighted by atomic mass is 10.1. The summed E-state index contributed by atoms with van der Waals surface area (Å²) >= 11 is 6.23. The number of hydrogen-bond acceptors (Lipinski definition) is 7. The van der Waals surface area contributed by atoms with Crippen molar-refractivity contribution in [1.82, 2.24) is 10.1 Å². The quantitative estimate of drug-likeness (QED) is 0.453. The molecule has 3 rings (SSSR count). The largest absolute Gasteiger partial charge is 0.865 e. The van der Waals surface area contributed by atoms with Crippen molar-refractivity contribution in [2.24, 2.45) is 0 Å². The van der Waals surface area contributed by atoms with E-state index in [0.29, 0.717) is 11.4 Å². The lowest BCUT2D eigenvalue weighted by molar-refractivity contribution is -0.398. The Labute approximate surface area is 165 Å². The average molecular weight is 401 g/mol. The standard InChI is InChI=1S/C19H16ClN3O5/c1-3-11-4-6-13(7-5-11)18-21-19(28-22-18)14(20)8-12-9-15(23(25)26)17(24)16(10-12)27-2/h4-10,24H,3H2,1-2H3/p-1/b14-8-. The fourth-order valence-electron chi connectivity index (χ4n) is 2.51.